The van der Waals surface area contributed by atoms with E-state index in [0.717, 1.165) is 17.3 Å². The highest BCUT2D eigenvalue weighted by molar-refractivity contribution is 9.08. The minimum Gasteiger partial charge on any atom is -0.271 e. The van der Waals surface area contributed by atoms with Gasteiger partial charge in [0, 0.05) is 10.9 Å². The van der Waals surface area contributed by atoms with Gasteiger partial charge in [0.2, 0.25) is 0 Å². The molecule has 3 nitrogen and oxygen atoms in total. The Balaban J connectivity index is 2.11. The monoisotopic (exact) mass is 269 g/mol. The van der Waals surface area contributed by atoms with Crippen LogP contribution in [-0.2, 0) is 10.2 Å². The van der Waals surface area contributed by atoms with E-state index in [9.17, 15) is 4.79 Å². The van der Waals surface area contributed by atoms with E-state index < -0.39 is 0 Å². The number of amides is 1. The van der Waals surface area contributed by atoms with Gasteiger partial charge in [0.25, 0.3) is 5.91 Å². The molecule has 1 fully saturated rings. The van der Waals surface area contributed by atoms with E-state index in [2.05, 4.69) is 15.9 Å². The highest BCUT2D eigenvalue weighted by atomic mass is 79.9. The predicted molar refractivity (Wildman–Crippen MR) is 60.7 cm³/mol. The third-order valence-electron chi connectivity index (χ3n) is 2.33. The van der Waals surface area contributed by atoms with Crippen molar-refractivity contribution >= 4 is 21.8 Å². The van der Waals surface area contributed by atoms with Crippen LogP contribution in [0.25, 0.3) is 0 Å². The van der Waals surface area contributed by atoms with E-state index in [1.54, 1.807) is 0 Å². The summed E-state index contributed by atoms with van der Waals surface area (Å²) in [5.41, 5.74) is 1.84. The molecule has 1 aliphatic rings. The summed E-state index contributed by atoms with van der Waals surface area (Å²) in [6, 6.07) is 7.55. The summed E-state index contributed by atoms with van der Waals surface area (Å²) in [5.74, 6) is -0.0476. The van der Waals surface area contributed by atoms with Crippen LogP contribution in [0.3, 0.4) is 0 Å². The topological polar surface area (TPSA) is 29.5 Å². The molecule has 1 amide bonds. The van der Waals surface area contributed by atoms with Crippen molar-refractivity contribution in [3.8, 4) is 0 Å². The van der Waals surface area contributed by atoms with Gasteiger partial charge >= 0.3 is 0 Å². The fraction of sp³-hybridized carbons (Fsp3) is 0.364. The van der Waals surface area contributed by atoms with Gasteiger partial charge < -0.3 is 0 Å². The maximum Gasteiger partial charge on any atom is 0.277 e. The molecule has 0 aromatic heterocycles. The third kappa shape index (κ3) is 2.38. The minimum absolute atomic E-state index is 0.0476. The molecule has 15 heavy (non-hydrogen) atoms. The van der Waals surface area contributed by atoms with Gasteiger partial charge in [-0.15, -0.1) is 0 Å². The van der Waals surface area contributed by atoms with Gasteiger partial charge in [0.05, 0.1) is 13.2 Å². The number of carbonyl (C=O) groups excluding carboxylic acids is 1. The van der Waals surface area contributed by atoms with Crippen LogP contribution in [0, 0.1) is 0 Å². The van der Waals surface area contributed by atoms with Crippen molar-refractivity contribution in [1.82, 2.24) is 5.06 Å². The van der Waals surface area contributed by atoms with Crippen molar-refractivity contribution in [2.45, 2.75) is 11.8 Å². The lowest BCUT2D eigenvalue weighted by Gasteiger charge is -2.13. The Morgan fingerprint density at radius 2 is 2.13 bits per heavy atom. The molecule has 1 heterocycles. The fourth-order valence-corrected chi connectivity index (χ4v) is 1.86. The molecule has 0 radical (unpaired) electrons. The number of rotatable bonds is 2. The maximum absolute atomic E-state index is 11.8. The van der Waals surface area contributed by atoms with Crippen molar-refractivity contribution in [2.75, 3.05) is 13.2 Å². The number of hydroxylamine groups is 2. The van der Waals surface area contributed by atoms with Gasteiger partial charge in [-0.05, 0) is 24.1 Å². The molecule has 2 rings (SSSR count). The lowest BCUT2D eigenvalue weighted by molar-refractivity contribution is -0.0768. The number of nitrogens with zero attached hydrogens (tertiary/aromatic N) is 1. The zero-order chi connectivity index (χ0) is 10.7. The SMILES string of the molecule is O=C(c1ccc(CBr)cc1)N1CCCO1. The van der Waals surface area contributed by atoms with E-state index in [1.807, 2.05) is 24.3 Å². The summed E-state index contributed by atoms with van der Waals surface area (Å²) in [5, 5.41) is 2.24. The first-order valence-corrected chi connectivity index (χ1v) is 6.03. The first-order chi connectivity index (χ1) is 7.31. The van der Waals surface area contributed by atoms with Gasteiger partial charge in [-0.1, -0.05) is 28.1 Å². The average Bonchev–Trinajstić information content (AvgIpc) is 2.82. The Morgan fingerprint density at radius 1 is 1.40 bits per heavy atom. The lowest BCUT2D eigenvalue weighted by Crippen LogP contribution is -2.26. The Bertz CT molecular complexity index is 344. The third-order valence-corrected chi connectivity index (χ3v) is 2.98. The molecular weight excluding hydrogens is 258 g/mol. The first kappa shape index (κ1) is 10.6. The summed E-state index contributed by atoms with van der Waals surface area (Å²) >= 11 is 3.37. The fourth-order valence-electron chi connectivity index (χ4n) is 1.49. The standard InChI is InChI=1S/C11H12BrNO2/c12-8-9-2-4-10(5-3-9)11(14)13-6-1-7-15-13/h2-5H,1,6-8H2. The molecule has 1 aliphatic heterocycles. The van der Waals surface area contributed by atoms with Crippen molar-refractivity contribution in [1.29, 1.82) is 0 Å². The van der Waals surface area contributed by atoms with Crippen molar-refractivity contribution in [2.24, 2.45) is 0 Å². The van der Waals surface area contributed by atoms with Gasteiger partial charge in [-0.2, -0.15) is 0 Å². The van der Waals surface area contributed by atoms with Crippen molar-refractivity contribution < 1.29 is 9.63 Å². The van der Waals surface area contributed by atoms with E-state index in [0.29, 0.717) is 18.7 Å². The van der Waals surface area contributed by atoms with E-state index >= 15 is 0 Å². The Hall–Kier alpha value is -0.870. The molecule has 80 valence electrons. The molecule has 1 aromatic rings. The summed E-state index contributed by atoms with van der Waals surface area (Å²) in [7, 11) is 0. The van der Waals surface area contributed by atoms with Crippen LogP contribution in [0.4, 0.5) is 0 Å². The summed E-state index contributed by atoms with van der Waals surface area (Å²) in [6.45, 7) is 1.34. The van der Waals surface area contributed by atoms with Crippen molar-refractivity contribution in [3.05, 3.63) is 35.4 Å². The lowest BCUT2D eigenvalue weighted by atomic mass is 10.1. The molecular formula is C11H12BrNO2. The molecule has 4 heteroatoms. The Morgan fingerprint density at radius 3 is 2.67 bits per heavy atom. The van der Waals surface area contributed by atoms with Crippen LogP contribution < -0.4 is 0 Å². The summed E-state index contributed by atoms with van der Waals surface area (Å²) in [4.78, 5) is 17.0. The first-order valence-electron chi connectivity index (χ1n) is 4.91. The number of alkyl halides is 1. The molecule has 0 saturated carbocycles. The molecule has 0 spiro atoms. The van der Waals surface area contributed by atoms with Crippen LogP contribution >= 0.6 is 15.9 Å². The van der Waals surface area contributed by atoms with Gasteiger partial charge in [-0.25, -0.2) is 5.06 Å². The predicted octanol–water partition coefficient (Wildman–Crippen LogP) is 2.36. The van der Waals surface area contributed by atoms with Gasteiger partial charge in [0.15, 0.2) is 0 Å². The maximum atomic E-state index is 11.8. The van der Waals surface area contributed by atoms with Crippen LogP contribution in [0.1, 0.15) is 22.3 Å². The molecule has 1 aromatic carbocycles. The number of hydrogen-bond acceptors (Lipinski definition) is 2. The number of halogens is 1. The molecule has 1 saturated heterocycles. The molecule has 0 unspecified atom stereocenters. The van der Waals surface area contributed by atoms with Crippen LogP contribution in [0.15, 0.2) is 24.3 Å². The molecule has 0 aliphatic carbocycles. The largest absolute Gasteiger partial charge is 0.277 e. The van der Waals surface area contributed by atoms with E-state index in [-0.39, 0.29) is 5.91 Å². The van der Waals surface area contributed by atoms with E-state index in [1.165, 1.54) is 5.06 Å². The molecule has 0 N–H and O–H groups in total. The second-order valence-electron chi connectivity index (χ2n) is 3.42. The van der Waals surface area contributed by atoms with Gasteiger partial charge in [0.1, 0.15) is 0 Å². The summed E-state index contributed by atoms with van der Waals surface area (Å²) < 4.78 is 0. The molecule has 0 atom stereocenters. The minimum atomic E-state index is -0.0476. The number of benzene rings is 1. The smallest absolute Gasteiger partial charge is 0.271 e. The highest BCUT2D eigenvalue weighted by Gasteiger charge is 2.20. The molecule has 0 bridgehead atoms. The average molecular weight is 270 g/mol. The number of carbonyl (C=O) groups is 1. The van der Waals surface area contributed by atoms with Gasteiger partial charge in [-0.3, -0.25) is 9.63 Å². The van der Waals surface area contributed by atoms with Crippen LogP contribution in [-0.4, -0.2) is 24.1 Å². The number of hydrogen-bond donors (Lipinski definition) is 0. The Kier molecular flexibility index (Phi) is 3.38. The zero-order valence-corrected chi connectivity index (χ0v) is 9.87. The second-order valence-corrected chi connectivity index (χ2v) is 3.99. The second kappa shape index (κ2) is 4.77. The normalized spacial score (nSPS) is 15.7. The quantitative estimate of drug-likeness (QED) is 0.772. The zero-order valence-electron chi connectivity index (χ0n) is 8.28. The highest BCUT2D eigenvalue weighted by Crippen LogP contribution is 2.13. The van der Waals surface area contributed by atoms with Crippen molar-refractivity contribution in [3.63, 3.8) is 0 Å². The van der Waals surface area contributed by atoms with Crippen LogP contribution in [0.2, 0.25) is 0 Å². The summed E-state index contributed by atoms with van der Waals surface area (Å²) in [6.07, 6.45) is 0.922. The van der Waals surface area contributed by atoms with E-state index in [4.69, 9.17) is 4.84 Å². The van der Waals surface area contributed by atoms with Crippen LogP contribution in [0.5, 0.6) is 0 Å². The Labute approximate surface area is 97.1 Å².